The van der Waals surface area contributed by atoms with Crippen molar-refractivity contribution >= 4 is 38.0 Å². The summed E-state index contributed by atoms with van der Waals surface area (Å²) >= 11 is 1.85. The second kappa shape index (κ2) is 18.2. The van der Waals surface area contributed by atoms with Crippen LogP contribution in [0.15, 0.2) is 84.1 Å². The Bertz CT molecular complexity index is 1850. The Labute approximate surface area is 312 Å². The van der Waals surface area contributed by atoms with Crippen molar-refractivity contribution < 1.29 is 30.0 Å². The molecular weight excluding hydrogens is 799 g/mol. The second-order valence-corrected chi connectivity index (χ2v) is 15.3. The van der Waals surface area contributed by atoms with E-state index in [1.54, 1.807) is 0 Å². The summed E-state index contributed by atoms with van der Waals surface area (Å²) in [6.45, 7) is 19.5. The summed E-state index contributed by atoms with van der Waals surface area (Å²) in [5, 5.41) is 15.9. The van der Waals surface area contributed by atoms with Crippen LogP contribution in [0.2, 0.25) is 0 Å². The third kappa shape index (κ3) is 10.2. The molecular formula is C44H54IrNO2S-. The van der Waals surface area contributed by atoms with Crippen LogP contribution in [-0.4, -0.2) is 15.9 Å². The number of aliphatic hydroxyl groups excluding tert-OH is 1. The second-order valence-electron chi connectivity index (χ2n) is 14.4. The van der Waals surface area contributed by atoms with Gasteiger partial charge in [0.25, 0.3) is 0 Å². The summed E-state index contributed by atoms with van der Waals surface area (Å²) in [7, 11) is 0. The maximum Gasteiger partial charge on any atom is 0.162 e. The van der Waals surface area contributed by atoms with E-state index < -0.39 is 0 Å². The first-order chi connectivity index (χ1) is 22.9. The summed E-state index contributed by atoms with van der Waals surface area (Å²) in [6, 6.07) is 25.6. The van der Waals surface area contributed by atoms with Gasteiger partial charge < -0.3 is 5.11 Å². The minimum absolute atomic E-state index is 0. The molecule has 5 heteroatoms. The van der Waals surface area contributed by atoms with Crippen molar-refractivity contribution in [3.05, 3.63) is 101 Å². The van der Waals surface area contributed by atoms with Crippen LogP contribution in [0.3, 0.4) is 0 Å². The molecule has 0 unspecified atom stereocenters. The number of aliphatic hydroxyl groups is 1. The van der Waals surface area contributed by atoms with Crippen molar-refractivity contribution in [2.24, 2.45) is 17.8 Å². The van der Waals surface area contributed by atoms with Crippen LogP contribution in [0.5, 0.6) is 0 Å². The van der Waals surface area contributed by atoms with Gasteiger partial charge in [-0.15, -0.1) is 40.5 Å². The van der Waals surface area contributed by atoms with Crippen molar-refractivity contribution in [3.8, 4) is 22.4 Å². The van der Waals surface area contributed by atoms with E-state index in [0.717, 1.165) is 48.7 Å². The van der Waals surface area contributed by atoms with Crippen LogP contribution in [0.25, 0.3) is 43.2 Å². The van der Waals surface area contributed by atoms with Crippen molar-refractivity contribution in [1.29, 1.82) is 0 Å². The van der Waals surface area contributed by atoms with Crippen LogP contribution in [0.4, 0.5) is 0 Å². The number of aromatic nitrogens is 1. The van der Waals surface area contributed by atoms with E-state index in [-0.39, 0.29) is 48.9 Å². The molecule has 49 heavy (non-hydrogen) atoms. The molecule has 3 aromatic carbocycles. The van der Waals surface area contributed by atoms with E-state index in [1.165, 1.54) is 43.8 Å². The molecule has 2 aromatic heterocycles. The van der Waals surface area contributed by atoms with Crippen LogP contribution in [0.1, 0.15) is 99.1 Å². The van der Waals surface area contributed by atoms with Gasteiger partial charge in [-0.3, -0.25) is 9.78 Å². The predicted molar refractivity (Wildman–Crippen MR) is 208 cm³/mol. The first-order valence-electron chi connectivity index (χ1n) is 17.8. The number of fused-ring (bicyclic) bond motifs is 2. The molecule has 1 radical (unpaired) electrons. The summed E-state index contributed by atoms with van der Waals surface area (Å²) < 4.78 is 1.36. The quantitative estimate of drug-likeness (QED) is 0.0818. The summed E-state index contributed by atoms with van der Waals surface area (Å²) in [5.74, 6) is 1.20. The number of ketones is 1. The topological polar surface area (TPSA) is 50.2 Å². The molecule has 0 saturated carbocycles. The number of allylic oxidation sites excluding steroid dienone is 2. The van der Waals surface area contributed by atoms with Crippen molar-refractivity contribution in [3.63, 3.8) is 0 Å². The molecule has 3 nitrogen and oxygen atoms in total. The molecule has 263 valence electrons. The van der Waals surface area contributed by atoms with E-state index in [1.807, 2.05) is 45.2 Å². The third-order valence-corrected chi connectivity index (χ3v) is 10.3. The molecule has 0 bridgehead atoms. The minimum atomic E-state index is 0. The summed E-state index contributed by atoms with van der Waals surface area (Å²) in [6.07, 6.45) is 7.95. The van der Waals surface area contributed by atoms with E-state index in [2.05, 4.69) is 107 Å². The number of hydrogen-bond donors (Lipinski definition) is 1. The molecule has 5 aromatic rings. The van der Waals surface area contributed by atoms with Gasteiger partial charge >= 0.3 is 0 Å². The molecule has 0 amide bonds. The molecule has 0 spiro atoms. The number of nitrogens with zero attached hydrogens (tertiary/aromatic N) is 1. The molecule has 1 N–H and O–H groups in total. The SMILES string of the molecule is CC(C)Cc1csc2ccc(-c3ccnc(-c4[c-]c5ccccc5c(C(C)(C)C)c4)c3)cc12.CCC(CC)C(=O)/C=C(\O)C(CC)CC.[Ir]. The number of thiophene rings is 1. The molecule has 0 fully saturated rings. The average Bonchev–Trinajstić information content (AvgIpc) is 3.46. The monoisotopic (exact) mass is 853 g/mol. The van der Waals surface area contributed by atoms with Gasteiger partial charge in [0.2, 0.25) is 0 Å². The van der Waals surface area contributed by atoms with E-state index >= 15 is 0 Å². The maximum absolute atomic E-state index is 11.7. The minimum Gasteiger partial charge on any atom is -0.512 e. The van der Waals surface area contributed by atoms with Gasteiger partial charge in [0.05, 0.1) is 5.76 Å². The largest absolute Gasteiger partial charge is 0.512 e. The Morgan fingerprint density at radius 1 is 0.878 bits per heavy atom. The van der Waals surface area contributed by atoms with Gasteiger partial charge in [0.1, 0.15) is 0 Å². The zero-order valence-corrected chi connectivity index (χ0v) is 34.0. The first-order valence-corrected chi connectivity index (χ1v) is 18.6. The van der Waals surface area contributed by atoms with Crippen LogP contribution < -0.4 is 0 Å². The summed E-state index contributed by atoms with van der Waals surface area (Å²) in [4.78, 5) is 16.5. The Kier molecular flexibility index (Phi) is 15.0. The van der Waals surface area contributed by atoms with Gasteiger partial charge in [-0.2, -0.15) is 0 Å². The van der Waals surface area contributed by atoms with Gasteiger partial charge in [0.15, 0.2) is 5.78 Å². The fourth-order valence-electron chi connectivity index (χ4n) is 6.38. The zero-order chi connectivity index (χ0) is 35.0. The van der Waals surface area contributed by atoms with Gasteiger partial charge in [-0.05, 0) is 89.1 Å². The Balaban J connectivity index is 0.000000347. The number of carbonyl (C=O) groups is 1. The molecule has 0 atom stereocenters. The fourth-order valence-corrected chi connectivity index (χ4v) is 7.34. The van der Waals surface area contributed by atoms with E-state index in [0.29, 0.717) is 5.92 Å². The van der Waals surface area contributed by atoms with Crippen LogP contribution >= 0.6 is 11.3 Å². The predicted octanol–water partition coefficient (Wildman–Crippen LogP) is 12.9. The van der Waals surface area contributed by atoms with Gasteiger partial charge in [-0.25, -0.2) is 0 Å². The third-order valence-electron chi connectivity index (χ3n) is 9.32. The Morgan fingerprint density at radius 3 is 2.16 bits per heavy atom. The number of carbonyl (C=O) groups excluding carboxylic acids is 1. The molecule has 5 rings (SSSR count). The molecule has 0 aliphatic carbocycles. The zero-order valence-electron chi connectivity index (χ0n) is 30.8. The van der Waals surface area contributed by atoms with Gasteiger partial charge in [0, 0.05) is 54.6 Å². The smallest absolute Gasteiger partial charge is 0.162 e. The molecule has 2 heterocycles. The standard InChI is InChI=1S/C31H30NS.C13H24O2.Ir/c1-20(2)14-25-19-33-30-11-10-21(16-27(25)30)22-12-13-32-29(18-22)24-15-23-8-6-7-9-26(23)28(17-24)31(3,4)5;1-5-10(6-2)12(14)9-13(15)11(7-3)8-4;/h6-13,16-20H,14H2,1-5H3;9-11,14H,5-8H2,1-4H3;/q-1;;/b;12-9-;. The number of rotatable bonds is 11. The average molecular weight is 853 g/mol. The number of pyridine rings is 1. The van der Waals surface area contributed by atoms with E-state index in [9.17, 15) is 9.90 Å². The summed E-state index contributed by atoms with van der Waals surface area (Å²) in [5.41, 5.74) is 7.29. The maximum atomic E-state index is 11.7. The Morgan fingerprint density at radius 2 is 1.53 bits per heavy atom. The first kappa shape index (κ1) is 40.3. The molecule has 0 saturated heterocycles. The van der Waals surface area contributed by atoms with Crippen LogP contribution in [-0.2, 0) is 36.7 Å². The fraction of sp³-hybridized carbons (Fsp3) is 0.409. The normalized spacial score (nSPS) is 12.0. The number of hydrogen-bond acceptors (Lipinski definition) is 4. The Hall–Kier alpha value is -3.11. The van der Waals surface area contributed by atoms with Crippen molar-refractivity contribution in [2.75, 3.05) is 0 Å². The number of benzene rings is 3. The molecule has 0 aliphatic heterocycles. The van der Waals surface area contributed by atoms with Crippen molar-refractivity contribution in [2.45, 2.75) is 99.8 Å². The van der Waals surface area contributed by atoms with Crippen LogP contribution in [0, 0.1) is 23.8 Å². The van der Waals surface area contributed by atoms with Gasteiger partial charge in [-0.1, -0.05) is 104 Å². The van der Waals surface area contributed by atoms with E-state index in [4.69, 9.17) is 4.98 Å². The van der Waals surface area contributed by atoms with Crippen molar-refractivity contribution in [1.82, 2.24) is 4.98 Å². The molecule has 0 aliphatic rings.